The maximum atomic E-state index is 10.8. The molecule has 6 heteroatoms. The van der Waals surface area contributed by atoms with Crippen LogP contribution in [-0.4, -0.2) is 61.5 Å². The van der Waals surface area contributed by atoms with Crippen molar-refractivity contribution in [3.05, 3.63) is 29.8 Å². The van der Waals surface area contributed by atoms with E-state index < -0.39 is 6.10 Å². The molecule has 0 bridgehead atoms. The van der Waals surface area contributed by atoms with Crippen LogP contribution >= 0.6 is 0 Å². The fraction of sp³-hybridized carbons (Fsp3) is 0.533. The summed E-state index contributed by atoms with van der Waals surface area (Å²) in [6, 6.07) is 7.16. The van der Waals surface area contributed by atoms with Crippen molar-refractivity contribution in [3.8, 4) is 5.75 Å². The zero-order valence-corrected chi connectivity index (χ0v) is 12.0. The summed E-state index contributed by atoms with van der Waals surface area (Å²) in [5.41, 5.74) is 5.98. The molecular formula is C15H22N2O4. The Kier molecular flexibility index (Phi) is 5.98. The van der Waals surface area contributed by atoms with E-state index in [0.29, 0.717) is 12.3 Å². The Hall–Kier alpha value is -1.63. The zero-order valence-electron chi connectivity index (χ0n) is 12.0. The lowest BCUT2D eigenvalue weighted by atomic mass is 10.1. The number of morpholine rings is 1. The van der Waals surface area contributed by atoms with Gasteiger partial charge >= 0.3 is 0 Å². The number of hydrogen-bond donors (Lipinski definition) is 2. The predicted molar refractivity (Wildman–Crippen MR) is 78.1 cm³/mol. The summed E-state index contributed by atoms with van der Waals surface area (Å²) in [6.07, 6.45) is -0.312. The second kappa shape index (κ2) is 7.97. The molecule has 0 aromatic heterocycles. The lowest BCUT2D eigenvalue weighted by Gasteiger charge is -2.28. The second-order valence-corrected chi connectivity index (χ2v) is 5.16. The van der Waals surface area contributed by atoms with Crippen LogP contribution in [0.3, 0.4) is 0 Å². The molecule has 1 aliphatic heterocycles. The van der Waals surface area contributed by atoms with E-state index in [2.05, 4.69) is 4.90 Å². The summed E-state index contributed by atoms with van der Waals surface area (Å²) in [6.45, 7) is 3.96. The number of β-amino-alcohol motifs (C(OH)–C–C–N with tert-alkyl or cyclic N) is 1. The minimum absolute atomic E-state index is 0.222. The number of carbonyl (C=O) groups is 1. The van der Waals surface area contributed by atoms with Crippen LogP contribution in [0.25, 0.3) is 0 Å². The van der Waals surface area contributed by atoms with Gasteiger partial charge in [-0.3, -0.25) is 9.69 Å². The van der Waals surface area contributed by atoms with Crippen molar-refractivity contribution in [3.63, 3.8) is 0 Å². The molecule has 1 aliphatic rings. The number of aliphatic hydroxyl groups is 1. The number of nitrogens with two attached hydrogens (primary N) is 1. The van der Waals surface area contributed by atoms with E-state index in [1.807, 2.05) is 0 Å². The first kappa shape index (κ1) is 15.8. The van der Waals surface area contributed by atoms with Gasteiger partial charge in [-0.2, -0.15) is 0 Å². The van der Waals surface area contributed by atoms with Gasteiger partial charge in [0.05, 0.1) is 19.6 Å². The molecular weight excluding hydrogens is 272 g/mol. The molecule has 6 nitrogen and oxygen atoms in total. The highest BCUT2D eigenvalue weighted by molar-refractivity contribution is 5.76. The monoisotopic (exact) mass is 294 g/mol. The summed E-state index contributed by atoms with van der Waals surface area (Å²) in [5, 5.41) is 9.97. The second-order valence-electron chi connectivity index (χ2n) is 5.16. The van der Waals surface area contributed by atoms with E-state index >= 15 is 0 Å². The van der Waals surface area contributed by atoms with E-state index in [4.69, 9.17) is 15.2 Å². The smallest absolute Gasteiger partial charge is 0.221 e. The van der Waals surface area contributed by atoms with E-state index in [1.165, 1.54) is 0 Å². The lowest BCUT2D eigenvalue weighted by molar-refractivity contribution is -0.117. The Balaban J connectivity index is 1.72. The van der Waals surface area contributed by atoms with Crippen LogP contribution in [0.2, 0.25) is 0 Å². The SMILES string of the molecule is NC(=O)Cc1ccc(OC[C@@H](O)CN2CCOCC2)cc1. The van der Waals surface area contributed by atoms with Crippen LogP contribution in [-0.2, 0) is 16.0 Å². The molecule has 1 atom stereocenters. The number of benzene rings is 1. The molecule has 21 heavy (non-hydrogen) atoms. The molecule has 0 spiro atoms. The predicted octanol–water partition coefficient (Wildman–Crippen LogP) is -0.214. The fourth-order valence-electron chi connectivity index (χ4n) is 2.23. The number of ether oxygens (including phenoxy) is 2. The van der Waals surface area contributed by atoms with Crippen LogP contribution in [0.5, 0.6) is 5.75 Å². The summed E-state index contributed by atoms with van der Waals surface area (Å²) in [5.74, 6) is 0.314. The molecule has 1 aromatic rings. The van der Waals surface area contributed by atoms with Crippen molar-refractivity contribution >= 4 is 5.91 Å². The molecule has 0 unspecified atom stereocenters. The normalized spacial score (nSPS) is 17.4. The van der Waals surface area contributed by atoms with Crippen molar-refractivity contribution in [2.24, 2.45) is 5.73 Å². The molecule has 3 N–H and O–H groups in total. The van der Waals surface area contributed by atoms with Crippen molar-refractivity contribution in [1.82, 2.24) is 4.90 Å². The van der Waals surface area contributed by atoms with E-state index in [1.54, 1.807) is 24.3 Å². The van der Waals surface area contributed by atoms with Crippen molar-refractivity contribution in [2.75, 3.05) is 39.5 Å². The van der Waals surface area contributed by atoms with Crippen molar-refractivity contribution in [2.45, 2.75) is 12.5 Å². The van der Waals surface area contributed by atoms with Gasteiger partial charge in [-0.15, -0.1) is 0 Å². The molecule has 1 amide bonds. The van der Waals surface area contributed by atoms with Crippen LogP contribution in [0.15, 0.2) is 24.3 Å². The molecule has 116 valence electrons. The molecule has 0 radical (unpaired) electrons. The van der Waals surface area contributed by atoms with Crippen LogP contribution in [0, 0.1) is 0 Å². The highest BCUT2D eigenvalue weighted by Gasteiger charge is 2.15. The molecule has 1 saturated heterocycles. The largest absolute Gasteiger partial charge is 0.491 e. The third-order valence-corrected chi connectivity index (χ3v) is 3.32. The van der Waals surface area contributed by atoms with Crippen LogP contribution in [0.1, 0.15) is 5.56 Å². The van der Waals surface area contributed by atoms with Gasteiger partial charge in [0.1, 0.15) is 18.5 Å². The lowest BCUT2D eigenvalue weighted by Crippen LogP contribution is -2.42. The number of hydrogen-bond acceptors (Lipinski definition) is 5. The van der Waals surface area contributed by atoms with Gasteiger partial charge in [0.25, 0.3) is 0 Å². The Morgan fingerprint density at radius 1 is 1.33 bits per heavy atom. The first-order valence-electron chi connectivity index (χ1n) is 7.11. The number of nitrogens with zero attached hydrogens (tertiary/aromatic N) is 1. The van der Waals surface area contributed by atoms with Crippen LogP contribution < -0.4 is 10.5 Å². The van der Waals surface area contributed by atoms with Gasteiger partial charge in [-0.1, -0.05) is 12.1 Å². The third-order valence-electron chi connectivity index (χ3n) is 3.32. The van der Waals surface area contributed by atoms with Gasteiger partial charge in [-0.25, -0.2) is 0 Å². The molecule has 1 heterocycles. The summed E-state index contributed by atoms with van der Waals surface area (Å²) in [7, 11) is 0. The Morgan fingerprint density at radius 3 is 2.62 bits per heavy atom. The molecule has 1 aromatic carbocycles. The topological polar surface area (TPSA) is 85.0 Å². The van der Waals surface area contributed by atoms with Gasteiger partial charge in [0, 0.05) is 19.6 Å². The number of aliphatic hydroxyl groups excluding tert-OH is 1. The zero-order chi connectivity index (χ0) is 15.1. The summed E-state index contributed by atoms with van der Waals surface area (Å²) < 4.78 is 10.8. The van der Waals surface area contributed by atoms with Crippen molar-refractivity contribution < 1.29 is 19.4 Å². The van der Waals surface area contributed by atoms with E-state index in [0.717, 1.165) is 31.9 Å². The number of primary amides is 1. The molecule has 2 rings (SSSR count). The summed E-state index contributed by atoms with van der Waals surface area (Å²) in [4.78, 5) is 13.0. The number of rotatable bonds is 7. The maximum Gasteiger partial charge on any atom is 0.221 e. The van der Waals surface area contributed by atoms with Gasteiger partial charge in [-0.05, 0) is 17.7 Å². The Labute approximate surface area is 124 Å². The number of amides is 1. The molecule has 0 saturated carbocycles. The maximum absolute atomic E-state index is 10.8. The Morgan fingerprint density at radius 2 is 2.00 bits per heavy atom. The highest BCUT2D eigenvalue weighted by atomic mass is 16.5. The van der Waals surface area contributed by atoms with Crippen LogP contribution in [0.4, 0.5) is 0 Å². The molecule has 0 aliphatic carbocycles. The molecule has 1 fully saturated rings. The highest BCUT2D eigenvalue weighted by Crippen LogP contribution is 2.13. The van der Waals surface area contributed by atoms with Crippen molar-refractivity contribution in [1.29, 1.82) is 0 Å². The average molecular weight is 294 g/mol. The first-order chi connectivity index (χ1) is 10.1. The first-order valence-corrected chi connectivity index (χ1v) is 7.11. The fourth-order valence-corrected chi connectivity index (χ4v) is 2.23. The average Bonchev–Trinajstić information content (AvgIpc) is 2.47. The Bertz CT molecular complexity index is 443. The quantitative estimate of drug-likeness (QED) is 0.726. The minimum atomic E-state index is -0.534. The van der Waals surface area contributed by atoms with Gasteiger partial charge < -0.3 is 20.3 Å². The standard InChI is InChI=1S/C15H22N2O4/c16-15(19)9-12-1-3-14(4-2-12)21-11-13(18)10-17-5-7-20-8-6-17/h1-4,13,18H,5-11H2,(H2,16,19)/t13-/m0/s1. The van der Waals surface area contributed by atoms with Gasteiger partial charge in [0.15, 0.2) is 0 Å². The van der Waals surface area contributed by atoms with Gasteiger partial charge in [0.2, 0.25) is 5.91 Å². The van der Waals surface area contributed by atoms with E-state index in [-0.39, 0.29) is 18.9 Å². The van der Waals surface area contributed by atoms with E-state index in [9.17, 15) is 9.90 Å². The minimum Gasteiger partial charge on any atom is -0.491 e. The number of carbonyl (C=O) groups excluding carboxylic acids is 1. The third kappa shape index (κ3) is 5.71. The summed E-state index contributed by atoms with van der Waals surface area (Å²) >= 11 is 0.